The molecule has 15 heavy (non-hydrogen) atoms. The molecule has 0 radical (unpaired) electrons. The van der Waals surface area contributed by atoms with E-state index in [0.29, 0.717) is 6.61 Å². The Kier molecular flexibility index (Phi) is 10.3. The predicted octanol–water partition coefficient (Wildman–Crippen LogP) is -1.38. The first-order valence-corrected chi connectivity index (χ1v) is 4.77. The number of hydrogen-bond donors (Lipinski definition) is 5. The van der Waals surface area contributed by atoms with Gasteiger partial charge in [-0.1, -0.05) is 0 Å². The lowest BCUT2D eigenvalue weighted by Crippen LogP contribution is -2.17. The van der Waals surface area contributed by atoms with Gasteiger partial charge in [-0.05, 0) is 27.3 Å². The fourth-order valence-corrected chi connectivity index (χ4v) is 0.800. The molecule has 2 unspecified atom stereocenters. The van der Waals surface area contributed by atoms with Crippen LogP contribution >= 0.6 is 0 Å². The zero-order chi connectivity index (χ0) is 12.5. The average Bonchev–Trinajstić information content (AvgIpc) is 2.51. The average molecular weight is 225 g/mol. The first-order chi connectivity index (χ1) is 6.84. The van der Waals surface area contributed by atoms with E-state index in [9.17, 15) is 0 Å². The second-order valence-electron chi connectivity index (χ2n) is 3.49. The molecular weight excluding hydrogens is 202 g/mol. The van der Waals surface area contributed by atoms with E-state index in [2.05, 4.69) is 5.73 Å². The van der Waals surface area contributed by atoms with Gasteiger partial charge in [0.2, 0.25) is 0 Å². The molecular formula is C9H23NO5. The van der Waals surface area contributed by atoms with Crippen LogP contribution in [0.4, 0.5) is 0 Å². The lowest BCUT2D eigenvalue weighted by atomic mass is 10.1. The predicted molar refractivity (Wildman–Crippen MR) is 55.8 cm³/mol. The number of aliphatic hydroxyl groups is 4. The van der Waals surface area contributed by atoms with Crippen LogP contribution < -0.4 is 5.73 Å². The summed E-state index contributed by atoms with van der Waals surface area (Å²) in [6.45, 7) is 3.20. The molecule has 1 heterocycles. The Hall–Kier alpha value is -0.240. The molecule has 0 saturated carbocycles. The molecule has 0 bridgehead atoms. The summed E-state index contributed by atoms with van der Waals surface area (Å²) in [6, 6.07) is 0. The summed E-state index contributed by atoms with van der Waals surface area (Å²) < 4.78 is 4.75. The first-order valence-electron chi connectivity index (χ1n) is 4.77. The van der Waals surface area contributed by atoms with E-state index >= 15 is 0 Å². The van der Waals surface area contributed by atoms with Gasteiger partial charge in [0.05, 0.1) is 13.2 Å². The van der Waals surface area contributed by atoms with Gasteiger partial charge in [0, 0.05) is 5.92 Å². The molecule has 1 saturated heterocycles. The third-order valence-corrected chi connectivity index (χ3v) is 1.42. The molecule has 1 aliphatic heterocycles. The molecule has 0 spiro atoms. The number of rotatable bonds is 1. The van der Waals surface area contributed by atoms with Crippen LogP contribution in [0.1, 0.15) is 20.3 Å². The van der Waals surface area contributed by atoms with Gasteiger partial charge in [-0.2, -0.15) is 0 Å². The molecule has 2 atom stereocenters. The third kappa shape index (κ3) is 13.8. The fraction of sp³-hybridized carbons (Fsp3) is 1.00. The normalized spacial score (nSPS) is 24.8. The Morgan fingerprint density at radius 2 is 1.73 bits per heavy atom. The summed E-state index contributed by atoms with van der Waals surface area (Å²) in [4.78, 5) is 0. The molecule has 1 fully saturated rings. The van der Waals surface area contributed by atoms with Gasteiger partial charge in [0.25, 0.3) is 0 Å². The quantitative estimate of drug-likeness (QED) is 0.351. The smallest absolute Gasteiger partial charge is 0.159 e. The van der Waals surface area contributed by atoms with Crippen molar-refractivity contribution in [2.75, 3.05) is 20.3 Å². The Morgan fingerprint density at radius 1 is 1.33 bits per heavy atom. The van der Waals surface area contributed by atoms with Crippen LogP contribution in [0.3, 0.4) is 0 Å². The van der Waals surface area contributed by atoms with Crippen LogP contribution in [0, 0.1) is 5.92 Å². The standard InChI is InChI=1S/C5H10O3.C3H8O2.CH5N/c6-3-4-1-2-8-5(4)7;1-3(2,4)5;1-2/h4-7H,1-3H2;4-5H,1-2H3;2H2,1H3. The van der Waals surface area contributed by atoms with E-state index in [1.54, 1.807) is 0 Å². The number of nitrogens with two attached hydrogens (primary N) is 1. The molecule has 0 aromatic heterocycles. The maximum absolute atomic E-state index is 8.81. The van der Waals surface area contributed by atoms with Crippen LogP contribution in [0.2, 0.25) is 0 Å². The van der Waals surface area contributed by atoms with Crippen molar-refractivity contribution >= 4 is 0 Å². The molecule has 0 aliphatic carbocycles. The lowest BCUT2D eigenvalue weighted by Gasteiger charge is -2.07. The van der Waals surface area contributed by atoms with Crippen LogP contribution in [-0.2, 0) is 4.74 Å². The Labute approximate surface area is 90.3 Å². The second-order valence-corrected chi connectivity index (χ2v) is 3.49. The van der Waals surface area contributed by atoms with Crippen molar-refractivity contribution in [1.82, 2.24) is 0 Å². The minimum Gasteiger partial charge on any atom is -0.396 e. The highest BCUT2D eigenvalue weighted by molar-refractivity contribution is 4.65. The van der Waals surface area contributed by atoms with Crippen molar-refractivity contribution in [1.29, 1.82) is 0 Å². The summed E-state index contributed by atoms with van der Waals surface area (Å²) in [7, 11) is 1.50. The molecule has 6 nitrogen and oxygen atoms in total. The molecule has 1 aliphatic rings. The maximum Gasteiger partial charge on any atom is 0.159 e. The summed E-state index contributed by atoms with van der Waals surface area (Å²) in [6.07, 6.45) is 0.0532. The van der Waals surface area contributed by atoms with Crippen molar-refractivity contribution < 1.29 is 25.2 Å². The van der Waals surface area contributed by atoms with Crippen LogP contribution in [-0.4, -0.2) is 52.8 Å². The maximum atomic E-state index is 8.81. The highest BCUT2D eigenvalue weighted by Gasteiger charge is 2.24. The highest BCUT2D eigenvalue weighted by atomic mass is 16.6. The van der Waals surface area contributed by atoms with Gasteiger partial charge >= 0.3 is 0 Å². The zero-order valence-electron chi connectivity index (χ0n) is 9.55. The topological polar surface area (TPSA) is 116 Å². The second kappa shape index (κ2) is 9.02. The van der Waals surface area contributed by atoms with Gasteiger partial charge < -0.3 is 30.9 Å². The monoisotopic (exact) mass is 225 g/mol. The molecule has 0 aromatic rings. The van der Waals surface area contributed by atoms with Gasteiger partial charge in [-0.25, -0.2) is 0 Å². The van der Waals surface area contributed by atoms with E-state index in [1.807, 2.05) is 0 Å². The van der Waals surface area contributed by atoms with Gasteiger partial charge in [-0.15, -0.1) is 0 Å². The number of aliphatic hydroxyl groups excluding tert-OH is 2. The SMILES string of the molecule is CC(C)(O)O.CN.OCC1CCOC1O. The molecule has 94 valence electrons. The van der Waals surface area contributed by atoms with Crippen molar-refractivity contribution in [2.24, 2.45) is 11.7 Å². The van der Waals surface area contributed by atoms with E-state index in [0.717, 1.165) is 6.42 Å². The third-order valence-electron chi connectivity index (χ3n) is 1.42. The zero-order valence-corrected chi connectivity index (χ0v) is 9.55. The van der Waals surface area contributed by atoms with Crippen molar-refractivity contribution in [2.45, 2.75) is 32.3 Å². The number of ether oxygens (including phenoxy) is 1. The van der Waals surface area contributed by atoms with Crippen LogP contribution in [0.25, 0.3) is 0 Å². The van der Waals surface area contributed by atoms with Gasteiger partial charge in [0.15, 0.2) is 12.1 Å². The summed E-state index contributed by atoms with van der Waals surface area (Å²) in [5, 5.41) is 33.5. The van der Waals surface area contributed by atoms with Gasteiger partial charge in [-0.3, -0.25) is 0 Å². The minimum atomic E-state index is -1.50. The Balaban J connectivity index is 0. The van der Waals surface area contributed by atoms with E-state index in [4.69, 9.17) is 25.2 Å². The molecule has 6 heteroatoms. The van der Waals surface area contributed by atoms with Crippen molar-refractivity contribution in [3.8, 4) is 0 Å². The van der Waals surface area contributed by atoms with Crippen LogP contribution in [0.5, 0.6) is 0 Å². The van der Waals surface area contributed by atoms with Crippen molar-refractivity contribution in [3.63, 3.8) is 0 Å². The van der Waals surface area contributed by atoms with E-state index in [1.165, 1.54) is 20.9 Å². The van der Waals surface area contributed by atoms with Crippen LogP contribution in [0.15, 0.2) is 0 Å². The molecule has 6 N–H and O–H groups in total. The highest BCUT2D eigenvalue weighted by Crippen LogP contribution is 2.16. The summed E-state index contributed by atoms with van der Waals surface area (Å²) in [5.41, 5.74) is 4.50. The Bertz CT molecular complexity index is 131. The minimum absolute atomic E-state index is 0.0289. The van der Waals surface area contributed by atoms with Gasteiger partial charge in [0.1, 0.15) is 0 Å². The lowest BCUT2D eigenvalue weighted by molar-refractivity contribution is -0.127. The largest absolute Gasteiger partial charge is 0.396 e. The summed E-state index contributed by atoms with van der Waals surface area (Å²) in [5.74, 6) is -1.55. The van der Waals surface area contributed by atoms with E-state index in [-0.39, 0.29) is 12.5 Å². The molecule has 0 amide bonds. The molecule has 1 rings (SSSR count). The fourth-order valence-electron chi connectivity index (χ4n) is 0.800. The first kappa shape index (κ1) is 17.2. The molecule has 0 aromatic carbocycles. The van der Waals surface area contributed by atoms with Crippen molar-refractivity contribution in [3.05, 3.63) is 0 Å². The van der Waals surface area contributed by atoms with E-state index < -0.39 is 12.1 Å². The number of hydrogen-bond acceptors (Lipinski definition) is 6. The Morgan fingerprint density at radius 3 is 1.87 bits per heavy atom. The summed E-state index contributed by atoms with van der Waals surface area (Å²) >= 11 is 0.